The Hall–Kier alpha value is -2.02. The van der Waals surface area contributed by atoms with Crippen LogP contribution in [0.15, 0.2) is 36.7 Å². The Kier molecular flexibility index (Phi) is 6.27. The van der Waals surface area contributed by atoms with Crippen LogP contribution in [0.1, 0.15) is 6.42 Å². The lowest BCUT2D eigenvalue weighted by Crippen LogP contribution is -2.22. The maximum Gasteiger partial charge on any atom is 0.404 e. The fraction of sp³-hybridized carbons (Fsp3) is 0.333. The molecule has 0 fully saturated rings. The van der Waals surface area contributed by atoms with Crippen LogP contribution in [0, 0.1) is 0 Å². The van der Waals surface area contributed by atoms with Gasteiger partial charge < -0.3 is 15.2 Å². The number of benzene rings is 1. The van der Waals surface area contributed by atoms with Crippen LogP contribution in [0.25, 0.3) is 11.1 Å². The highest BCUT2D eigenvalue weighted by molar-refractivity contribution is 9.09. The van der Waals surface area contributed by atoms with Crippen molar-refractivity contribution < 1.29 is 14.6 Å². The summed E-state index contributed by atoms with van der Waals surface area (Å²) in [5, 5.41) is 15.9. The van der Waals surface area contributed by atoms with E-state index in [-0.39, 0.29) is 0 Å². The molecule has 1 aromatic carbocycles. The zero-order valence-electron chi connectivity index (χ0n) is 12.0. The molecule has 118 valence electrons. The topological polar surface area (TPSA) is 76.4 Å². The summed E-state index contributed by atoms with van der Waals surface area (Å²) in [5.74, 6) is 0.843. The number of carbonyl (C=O) groups is 1. The maximum atomic E-state index is 10.3. The van der Waals surface area contributed by atoms with Gasteiger partial charge in [-0.2, -0.15) is 5.10 Å². The van der Waals surface area contributed by atoms with E-state index in [1.54, 1.807) is 6.20 Å². The Labute approximate surface area is 137 Å². The Balaban J connectivity index is 1.89. The molecule has 1 aromatic heterocycles. The SMILES string of the molecule is O=C(O)NCCCn1cc(-c2ccc(OCCBr)cc2)cn1. The zero-order chi connectivity index (χ0) is 15.8. The van der Waals surface area contributed by atoms with Crippen molar-refractivity contribution in [1.82, 2.24) is 15.1 Å². The minimum Gasteiger partial charge on any atom is -0.493 e. The van der Waals surface area contributed by atoms with Gasteiger partial charge in [-0.1, -0.05) is 28.1 Å². The second kappa shape index (κ2) is 8.43. The molecular weight excluding hydrogens is 350 g/mol. The number of aryl methyl sites for hydroxylation is 1. The fourth-order valence-corrected chi connectivity index (χ4v) is 2.13. The number of rotatable bonds is 8. The van der Waals surface area contributed by atoms with Gasteiger partial charge in [-0.3, -0.25) is 4.68 Å². The van der Waals surface area contributed by atoms with Crippen LogP contribution in [-0.2, 0) is 6.54 Å². The van der Waals surface area contributed by atoms with Gasteiger partial charge in [0.15, 0.2) is 0 Å². The third kappa shape index (κ3) is 5.07. The van der Waals surface area contributed by atoms with Crippen molar-refractivity contribution in [2.24, 2.45) is 0 Å². The molecule has 0 saturated heterocycles. The molecule has 0 unspecified atom stereocenters. The predicted molar refractivity (Wildman–Crippen MR) is 87.6 cm³/mol. The van der Waals surface area contributed by atoms with Crippen molar-refractivity contribution in [2.45, 2.75) is 13.0 Å². The van der Waals surface area contributed by atoms with E-state index in [0.717, 1.165) is 22.2 Å². The molecule has 0 aliphatic rings. The van der Waals surface area contributed by atoms with E-state index in [2.05, 4.69) is 26.3 Å². The molecule has 2 rings (SSSR count). The normalized spacial score (nSPS) is 10.4. The number of nitrogens with zero attached hydrogens (tertiary/aromatic N) is 2. The summed E-state index contributed by atoms with van der Waals surface area (Å²) >= 11 is 3.32. The Morgan fingerprint density at radius 1 is 1.32 bits per heavy atom. The van der Waals surface area contributed by atoms with Crippen molar-refractivity contribution >= 4 is 22.0 Å². The van der Waals surface area contributed by atoms with Gasteiger partial charge in [0.2, 0.25) is 0 Å². The van der Waals surface area contributed by atoms with Crippen molar-refractivity contribution in [3.05, 3.63) is 36.7 Å². The van der Waals surface area contributed by atoms with Gasteiger partial charge >= 0.3 is 6.09 Å². The number of aromatic nitrogens is 2. The molecule has 2 N–H and O–H groups in total. The summed E-state index contributed by atoms with van der Waals surface area (Å²) in [4.78, 5) is 10.3. The van der Waals surface area contributed by atoms with Crippen LogP contribution < -0.4 is 10.1 Å². The average Bonchev–Trinajstić information content (AvgIpc) is 2.99. The summed E-state index contributed by atoms with van der Waals surface area (Å²) in [6, 6.07) is 7.87. The standard InChI is InChI=1S/C15H18BrN3O3/c16-6-9-22-14-4-2-12(3-5-14)13-10-18-19(11-13)8-1-7-17-15(20)21/h2-5,10-11,17H,1,6-9H2,(H,20,21). The van der Waals surface area contributed by atoms with E-state index in [4.69, 9.17) is 9.84 Å². The van der Waals surface area contributed by atoms with E-state index >= 15 is 0 Å². The summed E-state index contributed by atoms with van der Waals surface area (Å²) < 4.78 is 7.33. The van der Waals surface area contributed by atoms with Gasteiger partial charge in [0.1, 0.15) is 5.75 Å². The van der Waals surface area contributed by atoms with Crippen molar-refractivity contribution in [1.29, 1.82) is 0 Å². The minimum atomic E-state index is -0.997. The van der Waals surface area contributed by atoms with Crippen LogP contribution >= 0.6 is 15.9 Å². The second-order valence-corrected chi connectivity index (χ2v) is 5.43. The molecular formula is C15H18BrN3O3. The Morgan fingerprint density at radius 3 is 2.77 bits per heavy atom. The van der Waals surface area contributed by atoms with Crippen LogP contribution in [0.2, 0.25) is 0 Å². The Bertz CT molecular complexity index is 598. The maximum absolute atomic E-state index is 10.3. The highest BCUT2D eigenvalue weighted by Gasteiger charge is 2.03. The monoisotopic (exact) mass is 367 g/mol. The van der Waals surface area contributed by atoms with Crippen molar-refractivity contribution in [3.8, 4) is 16.9 Å². The molecule has 22 heavy (non-hydrogen) atoms. The van der Waals surface area contributed by atoms with Crippen molar-refractivity contribution in [3.63, 3.8) is 0 Å². The minimum absolute atomic E-state index is 0.421. The summed E-state index contributed by atoms with van der Waals surface area (Å²) in [7, 11) is 0. The highest BCUT2D eigenvalue weighted by Crippen LogP contribution is 2.22. The van der Waals surface area contributed by atoms with Gasteiger partial charge in [0.25, 0.3) is 0 Å². The van der Waals surface area contributed by atoms with Gasteiger partial charge in [0.05, 0.1) is 12.8 Å². The van der Waals surface area contributed by atoms with Crippen LogP contribution in [0.3, 0.4) is 0 Å². The second-order valence-electron chi connectivity index (χ2n) is 4.64. The number of alkyl halides is 1. The molecule has 0 aliphatic heterocycles. The lowest BCUT2D eigenvalue weighted by molar-refractivity contribution is 0.194. The molecule has 0 radical (unpaired) electrons. The first-order valence-electron chi connectivity index (χ1n) is 6.97. The van der Waals surface area contributed by atoms with E-state index in [0.29, 0.717) is 26.1 Å². The molecule has 1 heterocycles. The van der Waals surface area contributed by atoms with E-state index in [1.165, 1.54) is 0 Å². The molecule has 0 aliphatic carbocycles. The smallest absolute Gasteiger partial charge is 0.404 e. The van der Waals surface area contributed by atoms with Gasteiger partial charge in [-0.05, 0) is 24.1 Å². The molecule has 7 heteroatoms. The van der Waals surface area contributed by atoms with Crippen LogP contribution in [-0.4, -0.2) is 39.5 Å². The summed E-state index contributed by atoms with van der Waals surface area (Å²) in [6.07, 6.45) is 3.46. The van der Waals surface area contributed by atoms with Gasteiger partial charge in [-0.25, -0.2) is 4.79 Å². The molecule has 1 amide bonds. The average molecular weight is 368 g/mol. The zero-order valence-corrected chi connectivity index (χ0v) is 13.6. The van der Waals surface area contributed by atoms with Crippen LogP contribution in [0.5, 0.6) is 5.75 Å². The van der Waals surface area contributed by atoms with Crippen LogP contribution in [0.4, 0.5) is 4.79 Å². The molecule has 0 saturated carbocycles. The van der Waals surface area contributed by atoms with Crippen molar-refractivity contribution in [2.75, 3.05) is 18.5 Å². The number of hydrogen-bond donors (Lipinski definition) is 2. The largest absolute Gasteiger partial charge is 0.493 e. The predicted octanol–water partition coefficient (Wildman–Crippen LogP) is 2.98. The lowest BCUT2D eigenvalue weighted by atomic mass is 10.1. The first-order chi connectivity index (χ1) is 10.7. The Morgan fingerprint density at radius 2 is 2.09 bits per heavy atom. The van der Waals surface area contributed by atoms with E-state index in [9.17, 15) is 4.79 Å². The summed E-state index contributed by atoms with van der Waals surface area (Å²) in [5.41, 5.74) is 2.10. The number of nitrogens with one attached hydrogen (secondary N) is 1. The number of amides is 1. The number of carboxylic acid groups (broad SMARTS) is 1. The number of hydrogen-bond acceptors (Lipinski definition) is 3. The van der Waals surface area contributed by atoms with E-state index in [1.807, 2.05) is 35.1 Å². The van der Waals surface area contributed by atoms with E-state index < -0.39 is 6.09 Å². The summed E-state index contributed by atoms with van der Waals surface area (Å²) in [6.45, 7) is 1.73. The molecule has 0 spiro atoms. The fourth-order valence-electron chi connectivity index (χ4n) is 1.97. The quantitative estimate of drug-likeness (QED) is 0.555. The molecule has 2 aromatic rings. The molecule has 6 nitrogen and oxygen atoms in total. The number of halogens is 1. The molecule has 0 atom stereocenters. The number of ether oxygens (including phenoxy) is 1. The third-order valence-electron chi connectivity index (χ3n) is 3.01. The first kappa shape index (κ1) is 16.4. The first-order valence-corrected chi connectivity index (χ1v) is 8.09. The van der Waals surface area contributed by atoms with Gasteiger partial charge in [0, 0.05) is 30.2 Å². The lowest BCUT2D eigenvalue weighted by Gasteiger charge is -2.04. The highest BCUT2D eigenvalue weighted by atomic mass is 79.9. The third-order valence-corrected chi connectivity index (χ3v) is 3.33. The molecule has 0 bridgehead atoms. The van der Waals surface area contributed by atoms with Gasteiger partial charge in [-0.15, -0.1) is 0 Å².